The number of ketones is 1. The number of aromatic nitrogens is 2. The predicted octanol–water partition coefficient (Wildman–Crippen LogP) is 2.60. The fraction of sp³-hybridized carbons (Fsp3) is 0.308. The molecule has 1 N–H and O–H groups in total. The second-order valence-electron chi connectivity index (χ2n) is 9.31. The van der Waals surface area contributed by atoms with E-state index >= 15 is 0 Å². The third-order valence-electron chi connectivity index (χ3n) is 5.56. The van der Waals surface area contributed by atoms with Gasteiger partial charge in [0.25, 0.3) is 5.56 Å². The van der Waals surface area contributed by atoms with Gasteiger partial charge in [0.05, 0.1) is 21.0 Å². The summed E-state index contributed by atoms with van der Waals surface area (Å²) in [6, 6.07) is 16.0. The summed E-state index contributed by atoms with van der Waals surface area (Å²) in [5.41, 5.74) is 2.20. The molecule has 3 aromatic rings. The minimum atomic E-state index is -1.43. The molecule has 0 spiro atoms. The van der Waals surface area contributed by atoms with Crippen LogP contribution in [0, 0.1) is 0 Å². The van der Waals surface area contributed by atoms with Gasteiger partial charge in [-0.15, -0.1) is 0 Å². The predicted molar refractivity (Wildman–Crippen MR) is 135 cm³/mol. The largest absolute Gasteiger partial charge is 0.380 e. The smallest absolute Gasteiger partial charge is 0.253 e. The molecule has 1 atom stereocenters. The number of carbonyl (C=O) groups excluding carboxylic acids is 2. The molecule has 0 saturated heterocycles. The van der Waals surface area contributed by atoms with Crippen molar-refractivity contribution in [2.75, 3.05) is 7.11 Å². The molecule has 2 aromatic carbocycles. The van der Waals surface area contributed by atoms with Crippen molar-refractivity contribution in [2.24, 2.45) is 0 Å². The molecule has 1 amide bonds. The molecule has 0 saturated carbocycles. The van der Waals surface area contributed by atoms with Gasteiger partial charge in [0.1, 0.15) is 12.6 Å². The number of nitrogens with one attached hydrogen (secondary N) is 1. The molecule has 34 heavy (non-hydrogen) atoms. The number of ether oxygens (including phenoxy) is 1. The van der Waals surface area contributed by atoms with Gasteiger partial charge in [-0.1, -0.05) is 73.4 Å². The molecule has 3 rings (SSSR count). The highest BCUT2D eigenvalue weighted by molar-refractivity contribution is 6.88. The maximum Gasteiger partial charge on any atom is 0.253 e. The maximum absolute atomic E-state index is 13.3. The Bertz CT molecular complexity index is 1180. The molecule has 178 valence electrons. The van der Waals surface area contributed by atoms with Gasteiger partial charge in [-0.05, 0) is 16.7 Å². The number of benzene rings is 2. The van der Waals surface area contributed by atoms with Crippen molar-refractivity contribution in [2.45, 2.75) is 45.3 Å². The molecule has 0 bridgehead atoms. The van der Waals surface area contributed by atoms with Crippen molar-refractivity contribution in [1.29, 1.82) is 0 Å². The highest BCUT2D eigenvalue weighted by Gasteiger charge is 2.24. The lowest BCUT2D eigenvalue weighted by molar-refractivity contribution is -0.128. The van der Waals surface area contributed by atoms with Crippen LogP contribution in [0.5, 0.6) is 0 Å². The van der Waals surface area contributed by atoms with E-state index in [4.69, 9.17) is 4.74 Å². The summed E-state index contributed by atoms with van der Waals surface area (Å²) < 4.78 is 6.36. The third-order valence-corrected chi connectivity index (χ3v) is 7.62. The van der Waals surface area contributed by atoms with E-state index in [1.54, 1.807) is 7.11 Å². The fourth-order valence-electron chi connectivity index (χ4n) is 3.61. The van der Waals surface area contributed by atoms with Gasteiger partial charge in [0, 0.05) is 25.8 Å². The number of rotatable bonds is 10. The molecule has 0 aliphatic carbocycles. The highest BCUT2D eigenvalue weighted by Crippen LogP contribution is 2.18. The molecule has 1 heterocycles. The number of hydrogen-bond donors (Lipinski definition) is 1. The standard InChI is InChI=1S/C26H31N3O4Si/c1-33-17-20-5-9-21(10-6-20)26(28-24(31)16-29-18-27-14-13-25(29)32)23(30)15-19-7-11-22(12-8-19)34(2,3)4/h5-14,18,26H,15-17H2,1-4H3,(H,28,31). The lowest BCUT2D eigenvalue weighted by Gasteiger charge is -2.20. The Labute approximate surface area is 200 Å². The van der Waals surface area contributed by atoms with E-state index in [2.05, 4.69) is 42.1 Å². The maximum atomic E-state index is 13.3. The number of amides is 1. The highest BCUT2D eigenvalue weighted by atomic mass is 28.3. The van der Waals surface area contributed by atoms with Gasteiger partial charge in [0.2, 0.25) is 5.91 Å². The van der Waals surface area contributed by atoms with Gasteiger partial charge in [-0.25, -0.2) is 4.98 Å². The normalized spacial score (nSPS) is 12.2. The topological polar surface area (TPSA) is 90.3 Å². The Balaban J connectivity index is 1.81. The quantitative estimate of drug-likeness (QED) is 0.454. The summed E-state index contributed by atoms with van der Waals surface area (Å²) in [7, 11) is 0.188. The summed E-state index contributed by atoms with van der Waals surface area (Å²) >= 11 is 0. The number of hydrogen-bond acceptors (Lipinski definition) is 5. The monoisotopic (exact) mass is 477 g/mol. The number of methoxy groups -OCH3 is 1. The lowest BCUT2D eigenvalue weighted by atomic mass is 9.96. The SMILES string of the molecule is COCc1ccc(C(NC(=O)Cn2cnccc2=O)C(=O)Cc2ccc([Si](C)(C)C)cc2)cc1. The average Bonchev–Trinajstić information content (AvgIpc) is 2.79. The zero-order valence-electron chi connectivity index (χ0n) is 20.1. The van der Waals surface area contributed by atoms with E-state index in [0.29, 0.717) is 12.2 Å². The van der Waals surface area contributed by atoms with Crippen LogP contribution in [-0.2, 0) is 33.9 Å². The summed E-state index contributed by atoms with van der Waals surface area (Å²) in [6.45, 7) is 7.07. The van der Waals surface area contributed by atoms with Crippen molar-refractivity contribution in [1.82, 2.24) is 14.9 Å². The second kappa shape index (κ2) is 11.2. The van der Waals surface area contributed by atoms with E-state index < -0.39 is 20.0 Å². The Kier molecular flexibility index (Phi) is 8.30. The first-order valence-corrected chi connectivity index (χ1v) is 14.7. The first-order chi connectivity index (χ1) is 16.2. The Morgan fingerprint density at radius 3 is 2.24 bits per heavy atom. The first-order valence-electron chi connectivity index (χ1n) is 11.2. The van der Waals surface area contributed by atoms with Gasteiger partial charge in [-0.3, -0.25) is 19.0 Å². The zero-order chi connectivity index (χ0) is 24.7. The molecule has 0 aliphatic rings. The first kappa shape index (κ1) is 25.3. The fourth-order valence-corrected chi connectivity index (χ4v) is 4.77. The number of nitrogens with zero attached hydrogens (tertiary/aromatic N) is 2. The van der Waals surface area contributed by atoms with E-state index in [0.717, 1.165) is 11.1 Å². The lowest BCUT2D eigenvalue weighted by Crippen LogP contribution is -2.38. The van der Waals surface area contributed by atoms with E-state index in [-0.39, 0.29) is 24.3 Å². The molecule has 8 heteroatoms. The van der Waals surface area contributed by atoms with Gasteiger partial charge in [-0.2, -0.15) is 0 Å². The van der Waals surface area contributed by atoms with Crippen LogP contribution in [0.3, 0.4) is 0 Å². The van der Waals surface area contributed by atoms with Crippen LogP contribution >= 0.6 is 0 Å². The van der Waals surface area contributed by atoms with Crippen LogP contribution in [0.15, 0.2) is 71.9 Å². The van der Waals surface area contributed by atoms with E-state index in [9.17, 15) is 14.4 Å². The number of Topliss-reactive ketones (excluding diaryl/α,β-unsaturated/α-hetero) is 1. The van der Waals surface area contributed by atoms with Crippen molar-refractivity contribution < 1.29 is 14.3 Å². The molecule has 7 nitrogen and oxygen atoms in total. The summed E-state index contributed by atoms with van der Waals surface area (Å²) in [5.74, 6) is -0.573. The van der Waals surface area contributed by atoms with Gasteiger partial charge < -0.3 is 10.1 Å². The van der Waals surface area contributed by atoms with Gasteiger partial charge in [0.15, 0.2) is 5.78 Å². The molecule has 0 fully saturated rings. The van der Waals surface area contributed by atoms with Crippen LogP contribution in [-0.4, -0.2) is 36.4 Å². The summed E-state index contributed by atoms with van der Waals surface area (Å²) in [5, 5.41) is 4.14. The molecule has 0 aliphatic heterocycles. The molecule has 1 aromatic heterocycles. The van der Waals surface area contributed by atoms with Crippen molar-refractivity contribution in [3.05, 3.63) is 94.2 Å². The second-order valence-corrected chi connectivity index (χ2v) is 14.4. The summed E-state index contributed by atoms with van der Waals surface area (Å²) in [6.07, 6.45) is 2.86. The van der Waals surface area contributed by atoms with Crippen molar-refractivity contribution in [3.8, 4) is 0 Å². The average molecular weight is 478 g/mol. The molecular formula is C26H31N3O4Si. The Morgan fingerprint density at radius 1 is 1.00 bits per heavy atom. The Hall–Kier alpha value is -3.36. The van der Waals surface area contributed by atoms with Crippen LogP contribution in [0.1, 0.15) is 22.7 Å². The minimum absolute atomic E-state index is 0.132. The van der Waals surface area contributed by atoms with Crippen LogP contribution in [0.25, 0.3) is 0 Å². The van der Waals surface area contributed by atoms with Crippen LogP contribution in [0.2, 0.25) is 19.6 Å². The number of carbonyl (C=O) groups is 2. The van der Waals surface area contributed by atoms with E-state index in [1.165, 1.54) is 28.3 Å². The van der Waals surface area contributed by atoms with E-state index in [1.807, 2.05) is 36.4 Å². The third kappa shape index (κ3) is 6.82. The van der Waals surface area contributed by atoms with Gasteiger partial charge >= 0.3 is 0 Å². The zero-order valence-corrected chi connectivity index (χ0v) is 21.1. The summed E-state index contributed by atoms with van der Waals surface area (Å²) in [4.78, 5) is 41.9. The molecular weight excluding hydrogens is 446 g/mol. The van der Waals surface area contributed by atoms with Crippen molar-refractivity contribution >= 4 is 25.0 Å². The Morgan fingerprint density at radius 2 is 1.65 bits per heavy atom. The molecule has 1 unspecified atom stereocenters. The van der Waals surface area contributed by atoms with Crippen LogP contribution < -0.4 is 16.1 Å². The molecule has 0 radical (unpaired) electrons. The van der Waals surface area contributed by atoms with Crippen molar-refractivity contribution in [3.63, 3.8) is 0 Å². The van der Waals surface area contributed by atoms with Crippen LogP contribution in [0.4, 0.5) is 0 Å². The minimum Gasteiger partial charge on any atom is -0.380 e.